The highest BCUT2D eigenvalue weighted by Gasteiger charge is 2.24. The van der Waals surface area contributed by atoms with E-state index in [1.807, 2.05) is 35.2 Å². The van der Waals surface area contributed by atoms with Crippen molar-refractivity contribution >= 4 is 17.5 Å². The fraction of sp³-hybridized carbons (Fsp3) is 0.444. The van der Waals surface area contributed by atoms with Gasteiger partial charge in [-0.05, 0) is 31.9 Å². The van der Waals surface area contributed by atoms with Gasteiger partial charge < -0.3 is 9.64 Å². The van der Waals surface area contributed by atoms with Crippen LogP contribution in [-0.4, -0.2) is 39.8 Å². The van der Waals surface area contributed by atoms with Crippen LogP contribution in [0, 0.1) is 0 Å². The molecule has 0 N–H and O–H groups in total. The van der Waals surface area contributed by atoms with Gasteiger partial charge in [0, 0.05) is 13.1 Å². The minimum absolute atomic E-state index is 0.00206. The molecule has 3 rings (SSSR count). The zero-order valence-electron chi connectivity index (χ0n) is 13.8. The number of carbonyl (C=O) groups excluding carboxylic acids is 1. The van der Waals surface area contributed by atoms with Crippen molar-refractivity contribution in [2.75, 3.05) is 13.1 Å². The number of carbonyl (C=O) groups is 1. The molecule has 0 spiro atoms. The van der Waals surface area contributed by atoms with Gasteiger partial charge in [-0.3, -0.25) is 4.79 Å². The first kappa shape index (κ1) is 16.8. The van der Waals surface area contributed by atoms with Gasteiger partial charge in [-0.25, -0.2) is 4.68 Å². The van der Waals surface area contributed by atoms with Crippen molar-refractivity contribution in [2.45, 2.75) is 38.7 Å². The molecule has 1 aliphatic heterocycles. The summed E-state index contributed by atoms with van der Waals surface area (Å²) < 4.78 is 7.40. The third kappa shape index (κ3) is 3.90. The van der Waals surface area contributed by atoms with Gasteiger partial charge in [-0.2, -0.15) is 0 Å². The van der Waals surface area contributed by atoms with E-state index in [2.05, 4.69) is 5.10 Å². The van der Waals surface area contributed by atoms with Crippen molar-refractivity contribution in [2.24, 2.45) is 0 Å². The summed E-state index contributed by atoms with van der Waals surface area (Å²) in [6.07, 6.45) is 5.58. The average molecular weight is 348 g/mol. The Morgan fingerprint density at radius 1 is 1.17 bits per heavy atom. The van der Waals surface area contributed by atoms with E-state index in [-0.39, 0.29) is 11.8 Å². The van der Waals surface area contributed by atoms with Crippen LogP contribution in [0.1, 0.15) is 32.6 Å². The van der Waals surface area contributed by atoms with Crippen LogP contribution in [0.25, 0.3) is 5.69 Å². The molecule has 1 fully saturated rings. The first-order valence-corrected chi connectivity index (χ1v) is 8.79. The van der Waals surface area contributed by atoms with Gasteiger partial charge >= 0.3 is 0 Å². The number of halogens is 1. The lowest BCUT2D eigenvalue weighted by Gasteiger charge is -2.24. The number of likely N-dealkylation sites (tertiary alicyclic amines) is 1. The summed E-state index contributed by atoms with van der Waals surface area (Å²) in [4.78, 5) is 14.5. The van der Waals surface area contributed by atoms with E-state index in [1.54, 1.807) is 17.8 Å². The Hall–Kier alpha value is -2.01. The molecule has 1 aliphatic rings. The monoisotopic (exact) mass is 347 g/mol. The highest BCUT2D eigenvalue weighted by Crippen LogP contribution is 2.25. The third-order valence-electron chi connectivity index (χ3n) is 4.21. The molecule has 1 aromatic heterocycles. The van der Waals surface area contributed by atoms with Gasteiger partial charge in [0.05, 0.1) is 11.9 Å². The molecule has 5 nitrogen and oxygen atoms in total. The topological polar surface area (TPSA) is 47.4 Å². The highest BCUT2D eigenvalue weighted by atomic mass is 35.5. The summed E-state index contributed by atoms with van der Waals surface area (Å²) in [7, 11) is 0. The Morgan fingerprint density at radius 2 is 1.83 bits per heavy atom. The van der Waals surface area contributed by atoms with Crippen molar-refractivity contribution in [3.8, 4) is 11.6 Å². The smallest absolute Gasteiger partial charge is 0.263 e. The first-order chi connectivity index (χ1) is 11.6. The number of amides is 1. The molecule has 6 heteroatoms. The van der Waals surface area contributed by atoms with Crippen LogP contribution in [0.5, 0.6) is 5.88 Å². The molecule has 1 saturated heterocycles. The Kier molecular flexibility index (Phi) is 5.41. The fourth-order valence-corrected chi connectivity index (χ4v) is 3.07. The molecule has 24 heavy (non-hydrogen) atoms. The second-order valence-corrected chi connectivity index (χ2v) is 6.47. The lowest BCUT2D eigenvalue weighted by Crippen LogP contribution is -2.41. The van der Waals surface area contributed by atoms with Crippen LogP contribution in [0.3, 0.4) is 0 Å². The minimum Gasteiger partial charge on any atom is -0.462 e. The van der Waals surface area contributed by atoms with Crippen molar-refractivity contribution in [1.82, 2.24) is 14.7 Å². The average Bonchev–Trinajstić information content (AvgIpc) is 2.80. The normalized spacial score (nSPS) is 16.5. The van der Waals surface area contributed by atoms with Gasteiger partial charge in [-0.15, -0.1) is 5.10 Å². The summed E-state index contributed by atoms with van der Waals surface area (Å²) >= 11 is 6.22. The van der Waals surface area contributed by atoms with Crippen molar-refractivity contribution < 1.29 is 9.53 Å². The Balaban J connectivity index is 1.69. The van der Waals surface area contributed by atoms with E-state index in [4.69, 9.17) is 16.3 Å². The number of para-hydroxylation sites is 1. The summed E-state index contributed by atoms with van der Waals surface area (Å²) in [5.74, 6) is 0.290. The number of aromatic nitrogens is 2. The zero-order chi connectivity index (χ0) is 16.9. The van der Waals surface area contributed by atoms with Gasteiger partial charge in [0.2, 0.25) is 0 Å². The predicted molar refractivity (Wildman–Crippen MR) is 93.7 cm³/mol. The number of hydrogen-bond acceptors (Lipinski definition) is 3. The molecular formula is C18H22ClN3O2. The Morgan fingerprint density at radius 3 is 2.50 bits per heavy atom. The van der Waals surface area contributed by atoms with Crippen molar-refractivity contribution in [3.05, 3.63) is 41.6 Å². The van der Waals surface area contributed by atoms with E-state index in [0.717, 1.165) is 31.6 Å². The van der Waals surface area contributed by atoms with E-state index in [9.17, 15) is 4.79 Å². The van der Waals surface area contributed by atoms with Crippen molar-refractivity contribution in [1.29, 1.82) is 0 Å². The lowest BCUT2D eigenvalue weighted by molar-refractivity contribution is -0.138. The zero-order valence-corrected chi connectivity index (χ0v) is 14.6. The maximum Gasteiger partial charge on any atom is 0.263 e. The molecular weight excluding hydrogens is 326 g/mol. The molecule has 0 bridgehead atoms. The van der Waals surface area contributed by atoms with E-state index < -0.39 is 6.10 Å². The fourth-order valence-electron chi connectivity index (χ4n) is 2.90. The SMILES string of the molecule is C[C@H](Oc1nn(-c2ccccc2)cc1Cl)C(=O)N1CCCCCC1. The molecule has 2 aromatic rings. The van der Waals surface area contributed by atoms with Crippen molar-refractivity contribution in [3.63, 3.8) is 0 Å². The molecule has 0 unspecified atom stereocenters. The highest BCUT2D eigenvalue weighted by molar-refractivity contribution is 6.31. The van der Waals surface area contributed by atoms with Crippen LogP contribution in [0.15, 0.2) is 36.5 Å². The Labute approximate surface area is 147 Å². The molecule has 1 atom stereocenters. The molecule has 128 valence electrons. The van der Waals surface area contributed by atoms with Crippen LogP contribution < -0.4 is 4.74 Å². The maximum absolute atomic E-state index is 12.6. The number of ether oxygens (including phenoxy) is 1. The Bertz CT molecular complexity index is 679. The number of nitrogens with zero attached hydrogens (tertiary/aromatic N) is 3. The third-order valence-corrected chi connectivity index (χ3v) is 4.47. The standard InChI is InChI=1S/C18H22ClN3O2/c1-14(18(23)21-11-7-2-3-8-12-21)24-17-16(19)13-22(20-17)15-9-5-4-6-10-15/h4-6,9-10,13-14H,2-3,7-8,11-12H2,1H3/t14-/m0/s1. The van der Waals surface area contributed by atoms with E-state index in [0.29, 0.717) is 5.02 Å². The largest absolute Gasteiger partial charge is 0.462 e. The number of benzene rings is 1. The molecule has 0 saturated carbocycles. The van der Waals surface area contributed by atoms with E-state index >= 15 is 0 Å². The van der Waals surface area contributed by atoms with Gasteiger partial charge in [-0.1, -0.05) is 42.6 Å². The number of rotatable bonds is 4. The predicted octanol–water partition coefficient (Wildman–Crippen LogP) is 3.70. The van der Waals surface area contributed by atoms with Gasteiger partial charge in [0.15, 0.2) is 6.10 Å². The van der Waals surface area contributed by atoms with Gasteiger partial charge in [0.1, 0.15) is 5.02 Å². The molecule has 0 aliphatic carbocycles. The molecule has 1 amide bonds. The second kappa shape index (κ2) is 7.71. The van der Waals surface area contributed by atoms with E-state index in [1.165, 1.54) is 12.8 Å². The summed E-state index contributed by atoms with van der Waals surface area (Å²) in [6.45, 7) is 3.36. The van der Waals surface area contributed by atoms with Crippen LogP contribution >= 0.6 is 11.6 Å². The molecule has 1 aromatic carbocycles. The summed E-state index contributed by atoms with van der Waals surface area (Å²) in [5.41, 5.74) is 0.890. The van der Waals surface area contributed by atoms with Gasteiger partial charge in [0.25, 0.3) is 11.8 Å². The lowest BCUT2D eigenvalue weighted by atomic mass is 10.2. The second-order valence-electron chi connectivity index (χ2n) is 6.06. The van der Waals surface area contributed by atoms with Crippen LogP contribution in [0.2, 0.25) is 5.02 Å². The quantitative estimate of drug-likeness (QED) is 0.847. The summed E-state index contributed by atoms with van der Waals surface area (Å²) in [5, 5.41) is 4.76. The molecule has 2 heterocycles. The minimum atomic E-state index is -0.597. The number of hydrogen-bond donors (Lipinski definition) is 0. The van der Waals surface area contributed by atoms with Crippen LogP contribution in [-0.2, 0) is 4.79 Å². The summed E-state index contributed by atoms with van der Waals surface area (Å²) in [6, 6.07) is 9.65. The maximum atomic E-state index is 12.6. The van der Waals surface area contributed by atoms with Crippen LogP contribution in [0.4, 0.5) is 0 Å². The molecule has 0 radical (unpaired) electrons. The first-order valence-electron chi connectivity index (χ1n) is 8.41.